The van der Waals surface area contributed by atoms with E-state index in [0.717, 1.165) is 17.4 Å². The average molecular weight is 305 g/mol. The summed E-state index contributed by atoms with van der Waals surface area (Å²) >= 11 is 0. The Morgan fingerprint density at radius 1 is 1.36 bits per heavy atom. The molecule has 1 aromatic rings. The summed E-state index contributed by atoms with van der Waals surface area (Å²) in [5, 5.41) is 9.01. The zero-order valence-electron chi connectivity index (χ0n) is 13.2. The molecule has 0 aromatic carbocycles. The summed E-state index contributed by atoms with van der Waals surface area (Å²) in [7, 11) is 0. The molecule has 1 aliphatic rings. The van der Waals surface area contributed by atoms with Gasteiger partial charge in [0.2, 0.25) is 0 Å². The maximum absolute atomic E-state index is 12.2. The Labute approximate surface area is 129 Å². The van der Waals surface area contributed by atoms with Gasteiger partial charge in [0.05, 0.1) is 19.3 Å². The summed E-state index contributed by atoms with van der Waals surface area (Å²) < 4.78 is 8.35. The third-order valence-electron chi connectivity index (χ3n) is 4.38. The van der Waals surface area contributed by atoms with E-state index in [1.807, 2.05) is 6.07 Å². The second kappa shape index (κ2) is 7.41. The van der Waals surface area contributed by atoms with Crippen LogP contribution in [0.2, 0.25) is 0 Å². The Kier molecular flexibility index (Phi) is 5.56. The summed E-state index contributed by atoms with van der Waals surface area (Å²) in [6, 6.07) is 1.85. The Hall–Kier alpha value is -1.87. The van der Waals surface area contributed by atoms with Gasteiger partial charge in [-0.2, -0.15) is 5.26 Å². The van der Waals surface area contributed by atoms with Gasteiger partial charge >= 0.3 is 5.69 Å². The van der Waals surface area contributed by atoms with Gasteiger partial charge in [-0.1, -0.05) is 19.8 Å². The predicted octanol–water partition coefficient (Wildman–Crippen LogP) is 1.50. The normalized spacial score (nSPS) is 21.5. The van der Waals surface area contributed by atoms with Gasteiger partial charge in [0.15, 0.2) is 0 Å². The van der Waals surface area contributed by atoms with Crippen molar-refractivity contribution in [1.82, 2.24) is 9.13 Å². The highest BCUT2D eigenvalue weighted by atomic mass is 16.5. The Morgan fingerprint density at radius 3 is 2.73 bits per heavy atom. The molecule has 0 amide bonds. The zero-order valence-corrected chi connectivity index (χ0v) is 13.2. The first kappa shape index (κ1) is 16.5. The number of rotatable bonds is 5. The van der Waals surface area contributed by atoms with Crippen molar-refractivity contribution in [3.63, 3.8) is 0 Å². The molecule has 1 aliphatic carbocycles. The molecule has 1 heterocycles. The van der Waals surface area contributed by atoms with Gasteiger partial charge in [0.1, 0.15) is 11.6 Å². The van der Waals surface area contributed by atoms with Gasteiger partial charge in [-0.25, -0.2) is 4.79 Å². The molecule has 0 bridgehead atoms. The minimum atomic E-state index is -0.530. The van der Waals surface area contributed by atoms with E-state index >= 15 is 0 Å². The third kappa shape index (κ3) is 3.47. The van der Waals surface area contributed by atoms with Gasteiger partial charge in [0, 0.05) is 12.7 Å². The third-order valence-corrected chi connectivity index (χ3v) is 4.38. The van der Waals surface area contributed by atoms with Crippen LogP contribution in [0.5, 0.6) is 0 Å². The summed E-state index contributed by atoms with van der Waals surface area (Å²) in [4.78, 5) is 24.3. The number of hydrogen-bond donors (Lipinski definition) is 0. The molecule has 0 N–H and O–H groups in total. The van der Waals surface area contributed by atoms with E-state index in [0.29, 0.717) is 19.1 Å². The Balaban J connectivity index is 2.11. The molecule has 2 unspecified atom stereocenters. The van der Waals surface area contributed by atoms with Crippen molar-refractivity contribution in [2.75, 3.05) is 6.61 Å². The minimum Gasteiger partial charge on any atom is -0.376 e. The molecule has 2 atom stereocenters. The van der Waals surface area contributed by atoms with Crippen molar-refractivity contribution in [1.29, 1.82) is 5.26 Å². The summed E-state index contributed by atoms with van der Waals surface area (Å²) in [6.07, 6.45) is 6.14. The molecule has 120 valence electrons. The maximum atomic E-state index is 12.2. The molecule has 0 radical (unpaired) electrons. The van der Waals surface area contributed by atoms with Gasteiger partial charge in [0.25, 0.3) is 5.56 Å². The average Bonchev–Trinajstić information content (AvgIpc) is 2.52. The lowest BCUT2D eigenvalue weighted by Crippen LogP contribution is -2.42. The molecular formula is C16H23N3O3. The summed E-state index contributed by atoms with van der Waals surface area (Å²) in [5.41, 5.74) is -0.920. The second-order valence-corrected chi connectivity index (χ2v) is 5.85. The quantitative estimate of drug-likeness (QED) is 0.826. The van der Waals surface area contributed by atoms with Gasteiger partial charge in [-0.05, 0) is 25.7 Å². The molecule has 1 fully saturated rings. The van der Waals surface area contributed by atoms with Gasteiger partial charge < -0.3 is 4.74 Å². The molecule has 0 spiro atoms. The number of nitrogens with zero attached hydrogens (tertiary/aromatic N) is 3. The fourth-order valence-electron chi connectivity index (χ4n) is 2.98. The number of aryl methyl sites for hydroxylation is 1. The van der Waals surface area contributed by atoms with Crippen LogP contribution in [0.25, 0.3) is 0 Å². The fraction of sp³-hybridized carbons (Fsp3) is 0.688. The van der Waals surface area contributed by atoms with Crippen LogP contribution >= 0.6 is 0 Å². The van der Waals surface area contributed by atoms with E-state index in [-0.39, 0.29) is 23.9 Å². The van der Waals surface area contributed by atoms with Gasteiger partial charge in [-0.15, -0.1) is 0 Å². The number of ether oxygens (including phenoxy) is 1. The first-order valence-electron chi connectivity index (χ1n) is 7.94. The van der Waals surface area contributed by atoms with Gasteiger partial charge in [-0.3, -0.25) is 13.9 Å². The molecule has 1 aromatic heterocycles. The number of nitriles is 1. The van der Waals surface area contributed by atoms with Crippen LogP contribution in [0, 0.1) is 17.2 Å². The molecule has 0 aliphatic heterocycles. The molecular weight excluding hydrogens is 282 g/mol. The first-order chi connectivity index (χ1) is 10.6. The Bertz CT molecular complexity index is 669. The zero-order chi connectivity index (χ0) is 16.1. The Morgan fingerprint density at radius 2 is 2.09 bits per heavy atom. The highest BCUT2D eigenvalue weighted by Crippen LogP contribution is 2.26. The lowest BCUT2D eigenvalue weighted by molar-refractivity contribution is -0.00907. The molecule has 1 saturated carbocycles. The van der Waals surface area contributed by atoms with Crippen molar-refractivity contribution >= 4 is 0 Å². The second-order valence-electron chi connectivity index (χ2n) is 5.85. The standard InChI is InChI=1S/C16H23N3O3/c1-3-18-11-13(10-17)15(20)19(16(18)21)8-9-22-14-7-5-4-6-12(14)2/h11-12,14H,3-9H2,1-2H3. The van der Waals surface area contributed by atoms with Crippen molar-refractivity contribution in [2.45, 2.75) is 58.7 Å². The van der Waals surface area contributed by atoms with Crippen molar-refractivity contribution in [3.8, 4) is 6.07 Å². The number of aromatic nitrogens is 2. The van der Waals surface area contributed by atoms with Crippen LogP contribution in [0.3, 0.4) is 0 Å². The van der Waals surface area contributed by atoms with Crippen LogP contribution in [0.1, 0.15) is 45.1 Å². The highest BCUT2D eigenvalue weighted by molar-refractivity contribution is 5.22. The maximum Gasteiger partial charge on any atom is 0.331 e. The van der Waals surface area contributed by atoms with Crippen LogP contribution in [-0.2, 0) is 17.8 Å². The van der Waals surface area contributed by atoms with Crippen molar-refractivity contribution < 1.29 is 4.74 Å². The smallest absolute Gasteiger partial charge is 0.331 e. The van der Waals surface area contributed by atoms with Crippen LogP contribution in [0.15, 0.2) is 15.8 Å². The highest BCUT2D eigenvalue weighted by Gasteiger charge is 2.21. The minimum absolute atomic E-state index is 0.00696. The lowest BCUT2D eigenvalue weighted by atomic mass is 9.88. The van der Waals surface area contributed by atoms with Crippen LogP contribution < -0.4 is 11.2 Å². The monoisotopic (exact) mass is 305 g/mol. The van der Waals surface area contributed by atoms with E-state index in [1.165, 1.54) is 23.6 Å². The lowest BCUT2D eigenvalue weighted by Gasteiger charge is -2.28. The van der Waals surface area contributed by atoms with E-state index in [9.17, 15) is 9.59 Å². The number of hydrogen-bond acceptors (Lipinski definition) is 4. The fourth-order valence-corrected chi connectivity index (χ4v) is 2.98. The van der Waals surface area contributed by atoms with E-state index in [1.54, 1.807) is 6.92 Å². The summed E-state index contributed by atoms with van der Waals surface area (Å²) in [5.74, 6) is 0.517. The van der Waals surface area contributed by atoms with Crippen LogP contribution in [0.4, 0.5) is 0 Å². The predicted molar refractivity (Wildman–Crippen MR) is 82.7 cm³/mol. The van der Waals surface area contributed by atoms with E-state index in [4.69, 9.17) is 10.00 Å². The molecule has 6 nitrogen and oxygen atoms in total. The molecule has 6 heteroatoms. The van der Waals surface area contributed by atoms with Crippen LogP contribution in [-0.4, -0.2) is 21.8 Å². The van der Waals surface area contributed by atoms with E-state index in [2.05, 4.69) is 6.92 Å². The topological polar surface area (TPSA) is 77.0 Å². The largest absolute Gasteiger partial charge is 0.376 e. The molecule has 0 saturated heterocycles. The molecule has 2 rings (SSSR count). The first-order valence-corrected chi connectivity index (χ1v) is 7.94. The molecule has 22 heavy (non-hydrogen) atoms. The van der Waals surface area contributed by atoms with Crippen molar-refractivity contribution in [3.05, 3.63) is 32.6 Å². The summed E-state index contributed by atoms with van der Waals surface area (Å²) in [6.45, 7) is 4.92. The van der Waals surface area contributed by atoms with Crippen molar-refractivity contribution in [2.24, 2.45) is 5.92 Å². The SMILES string of the molecule is CCn1cc(C#N)c(=O)n(CCOC2CCCCC2C)c1=O. The van der Waals surface area contributed by atoms with E-state index < -0.39 is 5.56 Å².